The standard InChI is InChI=1S/C20H30N2O8/c1-15(2)21(19(24)5-4-12-30-22(26)27)13-17(23)14-29-18-9-6-16(7-10-18)8-11-20(25)28-3/h6-7,9-10,15,17,23H,4-5,8,11-14H2,1-3H3. The fraction of sp³-hybridized carbons (Fsp3) is 0.600. The van der Waals surface area contributed by atoms with Gasteiger partial charge in [-0.15, -0.1) is 10.1 Å². The number of rotatable bonds is 14. The molecule has 1 atom stereocenters. The molecule has 0 aliphatic rings. The minimum Gasteiger partial charge on any atom is -0.491 e. The van der Waals surface area contributed by atoms with Crippen LogP contribution in [-0.4, -0.2) is 66.0 Å². The summed E-state index contributed by atoms with van der Waals surface area (Å²) in [5.74, 6) is 0.0780. The van der Waals surface area contributed by atoms with E-state index >= 15 is 0 Å². The molecule has 1 aromatic carbocycles. The Morgan fingerprint density at radius 2 is 1.87 bits per heavy atom. The second-order valence-electron chi connectivity index (χ2n) is 6.99. The van der Waals surface area contributed by atoms with Crippen LogP contribution in [0.3, 0.4) is 0 Å². The molecule has 0 aliphatic carbocycles. The van der Waals surface area contributed by atoms with Gasteiger partial charge < -0.3 is 24.3 Å². The predicted molar refractivity (Wildman–Crippen MR) is 107 cm³/mol. The highest BCUT2D eigenvalue weighted by atomic mass is 16.9. The second-order valence-corrected chi connectivity index (χ2v) is 6.99. The van der Waals surface area contributed by atoms with E-state index in [1.165, 1.54) is 12.0 Å². The van der Waals surface area contributed by atoms with Crippen LogP contribution < -0.4 is 4.74 Å². The summed E-state index contributed by atoms with van der Waals surface area (Å²) in [4.78, 5) is 39.3. The van der Waals surface area contributed by atoms with Crippen molar-refractivity contribution < 1.29 is 34.1 Å². The summed E-state index contributed by atoms with van der Waals surface area (Å²) in [7, 11) is 1.35. The van der Waals surface area contributed by atoms with Crippen molar-refractivity contribution in [2.24, 2.45) is 0 Å². The Morgan fingerprint density at radius 1 is 1.20 bits per heavy atom. The zero-order valence-electron chi connectivity index (χ0n) is 17.6. The van der Waals surface area contributed by atoms with E-state index in [9.17, 15) is 24.8 Å². The van der Waals surface area contributed by atoms with Crippen molar-refractivity contribution in [2.75, 3.05) is 26.9 Å². The van der Waals surface area contributed by atoms with Gasteiger partial charge in [0.1, 0.15) is 18.5 Å². The zero-order chi connectivity index (χ0) is 22.5. The number of amides is 1. The first kappa shape index (κ1) is 25.2. The molecule has 0 saturated heterocycles. The number of nitrogens with zero attached hydrogens (tertiary/aromatic N) is 2. The molecule has 10 nitrogen and oxygen atoms in total. The normalized spacial score (nSPS) is 11.6. The maximum Gasteiger partial charge on any atom is 0.305 e. The van der Waals surface area contributed by atoms with E-state index in [0.29, 0.717) is 18.6 Å². The van der Waals surface area contributed by atoms with Gasteiger partial charge in [-0.05, 0) is 44.4 Å². The molecule has 0 fully saturated rings. The summed E-state index contributed by atoms with van der Waals surface area (Å²) in [6.45, 7) is 3.59. The molecule has 10 heteroatoms. The molecule has 0 bridgehead atoms. The molecule has 0 aromatic heterocycles. The molecule has 1 unspecified atom stereocenters. The SMILES string of the molecule is COC(=O)CCc1ccc(OCC(O)CN(C(=O)CCCO[N+](=O)[O-])C(C)C)cc1. The van der Waals surface area contributed by atoms with E-state index in [-0.39, 0.29) is 50.5 Å². The number of aryl methyl sites for hydroxylation is 1. The Hall–Kier alpha value is -2.88. The summed E-state index contributed by atoms with van der Waals surface area (Å²) in [6, 6.07) is 7.03. The van der Waals surface area contributed by atoms with Gasteiger partial charge in [0.15, 0.2) is 0 Å². The van der Waals surface area contributed by atoms with Crippen molar-refractivity contribution in [1.82, 2.24) is 4.90 Å². The Morgan fingerprint density at radius 3 is 2.43 bits per heavy atom. The average Bonchev–Trinajstić information content (AvgIpc) is 2.71. The molecule has 1 N–H and O–H groups in total. The van der Waals surface area contributed by atoms with E-state index < -0.39 is 11.2 Å². The van der Waals surface area contributed by atoms with Gasteiger partial charge in [-0.25, -0.2) is 0 Å². The van der Waals surface area contributed by atoms with Crippen molar-refractivity contribution in [2.45, 2.75) is 51.7 Å². The Labute approximate surface area is 175 Å². The highest BCUT2D eigenvalue weighted by molar-refractivity contribution is 5.76. The third-order valence-corrected chi connectivity index (χ3v) is 4.29. The lowest BCUT2D eigenvalue weighted by Crippen LogP contribution is -2.43. The van der Waals surface area contributed by atoms with Crippen molar-refractivity contribution in [3.05, 3.63) is 39.9 Å². The smallest absolute Gasteiger partial charge is 0.305 e. The van der Waals surface area contributed by atoms with Gasteiger partial charge in [-0.1, -0.05) is 12.1 Å². The van der Waals surface area contributed by atoms with Gasteiger partial charge in [0.05, 0.1) is 20.3 Å². The molecule has 1 aromatic rings. The number of methoxy groups -OCH3 is 1. The van der Waals surface area contributed by atoms with Crippen LogP contribution in [0.5, 0.6) is 5.75 Å². The van der Waals surface area contributed by atoms with Crippen molar-refractivity contribution in [3.8, 4) is 5.75 Å². The summed E-state index contributed by atoms with van der Waals surface area (Å²) < 4.78 is 10.2. The van der Waals surface area contributed by atoms with Crippen LogP contribution in [0.1, 0.15) is 38.7 Å². The molecule has 1 amide bonds. The summed E-state index contributed by atoms with van der Waals surface area (Å²) in [5.41, 5.74) is 0.964. The quantitative estimate of drug-likeness (QED) is 0.206. The monoisotopic (exact) mass is 426 g/mol. The molecule has 0 heterocycles. The van der Waals surface area contributed by atoms with Crippen molar-refractivity contribution >= 4 is 11.9 Å². The molecule has 30 heavy (non-hydrogen) atoms. The number of benzene rings is 1. The van der Waals surface area contributed by atoms with Crippen LogP contribution in [0.25, 0.3) is 0 Å². The Kier molecular flexibility index (Phi) is 11.2. The molecule has 168 valence electrons. The van der Waals surface area contributed by atoms with Crippen LogP contribution >= 0.6 is 0 Å². The van der Waals surface area contributed by atoms with Crippen LogP contribution in [0.15, 0.2) is 24.3 Å². The number of hydrogen-bond donors (Lipinski definition) is 1. The maximum atomic E-state index is 12.3. The number of hydrogen-bond acceptors (Lipinski definition) is 8. The lowest BCUT2D eigenvalue weighted by Gasteiger charge is -2.29. The lowest BCUT2D eigenvalue weighted by molar-refractivity contribution is -0.757. The van der Waals surface area contributed by atoms with E-state index in [0.717, 1.165) is 5.56 Å². The van der Waals surface area contributed by atoms with Crippen LogP contribution in [-0.2, 0) is 25.6 Å². The van der Waals surface area contributed by atoms with Crippen LogP contribution in [0, 0.1) is 10.1 Å². The van der Waals surface area contributed by atoms with Crippen molar-refractivity contribution in [1.29, 1.82) is 0 Å². The predicted octanol–water partition coefficient (Wildman–Crippen LogP) is 1.76. The number of ether oxygens (including phenoxy) is 2. The first-order chi connectivity index (χ1) is 14.2. The Bertz CT molecular complexity index is 678. The number of carbonyl (C=O) groups excluding carboxylic acids is 2. The van der Waals surface area contributed by atoms with Gasteiger partial charge in [-0.2, -0.15) is 0 Å². The van der Waals surface area contributed by atoms with E-state index in [4.69, 9.17) is 4.74 Å². The summed E-state index contributed by atoms with van der Waals surface area (Å²) >= 11 is 0. The average molecular weight is 426 g/mol. The van der Waals surface area contributed by atoms with E-state index in [1.54, 1.807) is 12.1 Å². The third-order valence-electron chi connectivity index (χ3n) is 4.29. The first-order valence-electron chi connectivity index (χ1n) is 9.76. The van der Waals surface area contributed by atoms with E-state index in [2.05, 4.69) is 9.57 Å². The fourth-order valence-electron chi connectivity index (χ4n) is 2.68. The second kappa shape index (κ2) is 13.4. The molecular formula is C20H30N2O8. The highest BCUT2D eigenvalue weighted by Crippen LogP contribution is 2.14. The molecule has 1 rings (SSSR count). The number of aliphatic hydroxyl groups excluding tert-OH is 1. The number of carbonyl (C=O) groups is 2. The maximum absolute atomic E-state index is 12.3. The van der Waals surface area contributed by atoms with Gasteiger partial charge in [0.25, 0.3) is 5.09 Å². The number of esters is 1. The molecular weight excluding hydrogens is 396 g/mol. The topological polar surface area (TPSA) is 128 Å². The van der Waals surface area contributed by atoms with Gasteiger partial charge in [0, 0.05) is 18.9 Å². The first-order valence-corrected chi connectivity index (χ1v) is 9.76. The van der Waals surface area contributed by atoms with Gasteiger partial charge in [0.2, 0.25) is 5.91 Å². The van der Waals surface area contributed by atoms with Crippen LogP contribution in [0.4, 0.5) is 0 Å². The minimum absolute atomic E-state index is 0.00242. The third kappa shape index (κ3) is 10.1. The lowest BCUT2D eigenvalue weighted by atomic mass is 10.1. The Balaban J connectivity index is 2.44. The van der Waals surface area contributed by atoms with Gasteiger partial charge in [-0.3, -0.25) is 9.59 Å². The molecule has 0 saturated carbocycles. The zero-order valence-corrected chi connectivity index (χ0v) is 17.6. The largest absolute Gasteiger partial charge is 0.491 e. The van der Waals surface area contributed by atoms with Crippen LogP contribution in [0.2, 0.25) is 0 Å². The van der Waals surface area contributed by atoms with Gasteiger partial charge >= 0.3 is 5.97 Å². The molecule has 0 spiro atoms. The summed E-state index contributed by atoms with van der Waals surface area (Å²) in [5, 5.41) is 19.5. The summed E-state index contributed by atoms with van der Waals surface area (Å²) in [6.07, 6.45) is 0.274. The minimum atomic E-state index is -0.898. The molecule has 0 radical (unpaired) electrons. The van der Waals surface area contributed by atoms with E-state index in [1.807, 2.05) is 26.0 Å². The fourth-order valence-corrected chi connectivity index (χ4v) is 2.68. The molecule has 0 aliphatic heterocycles. The highest BCUT2D eigenvalue weighted by Gasteiger charge is 2.20. The van der Waals surface area contributed by atoms with Crippen molar-refractivity contribution in [3.63, 3.8) is 0 Å². The number of aliphatic hydroxyl groups is 1.